The van der Waals surface area contributed by atoms with E-state index in [1.807, 2.05) is 38.1 Å². The summed E-state index contributed by atoms with van der Waals surface area (Å²) in [4.78, 5) is 23.5. The molecule has 1 heterocycles. The van der Waals surface area contributed by atoms with Gasteiger partial charge in [-0.25, -0.2) is 0 Å². The van der Waals surface area contributed by atoms with Crippen LogP contribution in [0.2, 0.25) is 0 Å². The van der Waals surface area contributed by atoms with Crippen LogP contribution >= 0.6 is 0 Å². The van der Waals surface area contributed by atoms with E-state index in [1.165, 1.54) is 6.26 Å². The van der Waals surface area contributed by atoms with E-state index in [-0.39, 0.29) is 24.3 Å². The molecule has 0 bridgehead atoms. The molecule has 0 aliphatic heterocycles. The summed E-state index contributed by atoms with van der Waals surface area (Å²) < 4.78 is 4.95. The third-order valence-electron chi connectivity index (χ3n) is 3.19. The number of rotatable bonds is 5. The Morgan fingerprint density at radius 2 is 1.95 bits per heavy atom. The monoisotopic (exact) mass is 286 g/mol. The quantitative estimate of drug-likeness (QED) is 0.885. The number of furan rings is 1. The second-order valence-electron chi connectivity index (χ2n) is 4.81. The summed E-state index contributed by atoms with van der Waals surface area (Å²) in [6.07, 6.45) is 1.41. The van der Waals surface area contributed by atoms with Crippen LogP contribution in [0, 0.1) is 6.92 Å². The Balaban J connectivity index is 1.85. The first-order chi connectivity index (χ1) is 10.1. The van der Waals surface area contributed by atoms with E-state index in [2.05, 4.69) is 10.6 Å². The number of benzene rings is 1. The first kappa shape index (κ1) is 14.8. The smallest absolute Gasteiger partial charge is 0.287 e. The number of aryl methyl sites for hydroxylation is 1. The lowest BCUT2D eigenvalue weighted by molar-refractivity contribution is -0.120. The van der Waals surface area contributed by atoms with Crippen LogP contribution in [-0.4, -0.2) is 18.4 Å². The molecule has 2 aromatic rings. The van der Waals surface area contributed by atoms with E-state index in [4.69, 9.17) is 4.42 Å². The zero-order valence-corrected chi connectivity index (χ0v) is 12.1. The Labute approximate surface area is 123 Å². The lowest BCUT2D eigenvalue weighted by atomic mass is 10.0. The molecule has 0 aliphatic carbocycles. The Morgan fingerprint density at radius 3 is 2.62 bits per heavy atom. The normalized spacial score (nSPS) is 11.7. The minimum absolute atomic E-state index is 0.0875. The number of hydrogen-bond acceptors (Lipinski definition) is 3. The average molecular weight is 286 g/mol. The Bertz CT molecular complexity index is 620. The molecular weight excluding hydrogens is 268 g/mol. The van der Waals surface area contributed by atoms with Crippen molar-refractivity contribution < 1.29 is 14.0 Å². The van der Waals surface area contributed by atoms with Gasteiger partial charge in [0.2, 0.25) is 5.91 Å². The second kappa shape index (κ2) is 6.74. The van der Waals surface area contributed by atoms with Crippen LogP contribution in [0.4, 0.5) is 0 Å². The number of hydrogen-bond donors (Lipinski definition) is 2. The third-order valence-corrected chi connectivity index (χ3v) is 3.19. The van der Waals surface area contributed by atoms with Crippen molar-refractivity contribution in [3.05, 3.63) is 59.5 Å². The summed E-state index contributed by atoms with van der Waals surface area (Å²) in [7, 11) is 0. The van der Waals surface area contributed by atoms with E-state index < -0.39 is 5.91 Å². The highest BCUT2D eigenvalue weighted by Gasteiger charge is 2.13. The Kier molecular flexibility index (Phi) is 4.77. The van der Waals surface area contributed by atoms with Crippen LogP contribution in [0.3, 0.4) is 0 Å². The fraction of sp³-hybridized carbons (Fsp3) is 0.250. The SMILES string of the molecule is Cc1ccccc1C(C)NC(=O)CNC(=O)c1ccco1. The summed E-state index contributed by atoms with van der Waals surface area (Å²) in [6, 6.07) is 10.9. The number of amides is 2. The maximum atomic E-state index is 11.9. The van der Waals surface area contributed by atoms with E-state index in [0.717, 1.165) is 11.1 Å². The summed E-state index contributed by atoms with van der Waals surface area (Å²) in [5.74, 6) is -0.459. The topological polar surface area (TPSA) is 71.3 Å². The number of carbonyl (C=O) groups excluding carboxylic acids is 2. The standard InChI is InChI=1S/C16H18N2O3/c1-11-6-3-4-7-13(11)12(2)18-15(19)10-17-16(20)14-8-5-9-21-14/h3-9,12H,10H2,1-2H3,(H,17,20)(H,18,19). The Morgan fingerprint density at radius 1 is 1.19 bits per heavy atom. The van der Waals surface area contributed by atoms with E-state index >= 15 is 0 Å². The van der Waals surface area contributed by atoms with Crippen molar-refractivity contribution >= 4 is 11.8 Å². The van der Waals surface area contributed by atoms with Crippen LogP contribution in [0.1, 0.15) is 34.6 Å². The predicted octanol–water partition coefficient (Wildman–Crippen LogP) is 2.20. The molecule has 21 heavy (non-hydrogen) atoms. The maximum Gasteiger partial charge on any atom is 0.287 e. The summed E-state index contributed by atoms with van der Waals surface area (Å²) >= 11 is 0. The molecule has 0 spiro atoms. The van der Waals surface area contributed by atoms with Crippen LogP contribution in [-0.2, 0) is 4.79 Å². The van der Waals surface area contributed by atoms with Gasteiger partial charge in [0.05, 0.1) is 18.8 Å². The molecular formula is C16H18N2O3. The summed E-state index contributed by atoms with van der Waals surface area (Å²) in [6.45, 7) is 3.82. The van der Waals surface area contributed by atoms with Gasteiger partial charge in [-0.05, 0) is 37.1 Å². The van der Waals surface area contributed by atoms with Gasteiger partial charge in [0.1, 0.15) is 0 Å². The molecule has 0 aliphatic rings. The van der Waals surface area contributed by atoms with Crippen LogP contribution in [0.15, 0.2) is 47.1 Å². The highest BCUT2D eigenvalue weighted by Crippen LogP contribution is 2.16. The van der Waals surface area contributed by atoms with Crippen molar-refractivity contribution in [1.29, 1.82) is 0 Å². The minimum Gasteiger partial charge on any atom is -0.459 e. The zero-order valence-electron chi connectivity index (χ0n) is 12.1. The van der Waals surface area contributed by atoms with Gasteiger partial charge >= 0.3 is 0 Å². The molecule has 0 radical (unpaired) electrons. The second-order valence-corrected chi connectivity index (χ2v) is 4.81. The van der Waals surface area contributed by atoms with Crippen molar-refractivity contribution in [3.8, 4) is 0 Å². The highest BCUT2D eigenvalue weighted by atomic mass is 16.3. The molecule has 110 valence electrons. The molecule has 2 rings (SSSR count). The molecule has 2 N–H and O–H groups in total. The number of carbonyl (C=O) groups is 2. The van der Waals surface area contributed by atoms with Gasteiger partial charge in [0.15, 0.2) is 5.76 Å². The molecule has 1 atom stereocenters. The average Bonchev–Trinajstić information content (AvgIpc) is 2.99. The predicted molar refractivity (Wildman–Crippen MR) is 78.8 cm³/mol. The van der Waals surface area contributed by atoms with Gasteiger partial charge in [0, 0.05) is 0 Å². The van der Waals surface area contributed by atoms with Crippen molar-refractivity contribution in [2.45, 2.75) is 19.9 Å². The zero-order chi connectivity index (χ0) is 15.2. The molecule has 5 nitrogen and oxygen atoms in total. The summed E-state index contributed by atoms with van der Waals surface area (Å²) in [5, 5.41) is 5.36. The molecule has 1 unspecified atom stereocenters. The van der Waals surface area contributed by atoms with Gasteiger partial charge in [0.25, 0.3) is 5.91 Å². The molecule has 5 heteroatoms. The molecule has 0 saturated carbocycles. The largest absolute Gasteiger partial charge is 0.459 e. The highest BCUT2D eigenvalue weighted by molar-refractivity contribution is 5.94. The van der Waals surface area contributed by atoms with Gasteiger partial charge in [-0.3, -0.25) is 9.59 Å². The van der Waals surface area contributed by atoms with Crippen LogP contribution in [0.25, 0.3) is 0 Å². The van der Waals surface area contributed by atoms with Crippen molar-refractivity contribution in [2.75, 3.05) is 6.54 Å². The van der Waals surface area contributed by atoms with Crippen LogP contribution in [0.5, 0.6) is 0 Å². The fourth-order valence-electron chi connectivity index (χ4n) is 2.10. The van der Waals surface area contributed by atoms with Crippen molar-refractivity contribution in [3.63, 3.8) is 0 Å². The number of nitrogens with one attached hydrogen (secondary N) is 2. The fourth-order valence-corrected chi connectivity index (χ4v) is 2.10. The van der Waals surface area contributed by atoms with Gasteiger partial charge in [-0.15, -0.1) is 0 Å². The van der Waals surface area contributed by atoms with Crippen molar-refractivity contribution in [1.82, 2.24) is 10.6 Å². The Hall–Kier alpha value is -2.56. The lowest BCUT2D eigenvalue weighted by Gasteiger charge is -2.16. The molecule has 1 aromatic heterocycles. The first-order valence-electron chi connectivity index (χ1n) is 6.74. The van der Waals surface area contributed by atoms with E-state index in [1.54, 1.807) is 12.1 Å². The maximum absolute atomic E-state index is 11.9. The van der Waals surface area contributed by atoms with Gasteiger partial charge in [-0.2, -0.15) is 0 Å². The third kappa shape index (κ3) is 3.95. The molecule has 2 amide bonds. The van der Waals surface area contributed by atoms with E-state index in [0.29, 0.717) is 0 Å². The molecule has 0 saturated heterocycles. The summed E-state index contributed by atoms with van der Waals surface area (Å²) in [5.41, 5.74) is 2.17. The minimum atomic E-state index is -0.404. The van der Waals surface area contributed by atoms with E-state index in [9.17, 15) is 9.59 Å². The molecule has 1 aromatic carbocycles. The lowest BCUT2D eigenvalue weighted by Crippen LogP contribution is -2.38. The van der Waals surface area contributed by atoms with Gasteiger partial charge < -0.3 is 15.1 Å². The first-order valence-corrected chi connectivity index (χ1v) is 6.74. The molecule has 0 fully saturated rings. The van der Waals surface area contributed by atoms with Crippen LogP contribution < -0.4 is 10.6 Å². The van der Waals surface area contributed by atoms with Gasteiger partial charge in [-0.1, -0.05) is 24.3 Å². The van der Waals surface area contributed by atoms with Crippen molar-refractivity contribution in [2.24, 2.45) is 0 Å².